The zero-order chi connectivity index (χ0) is 10.8. The maximum Gasteiger partial charge on any atom is 0.221 e. The number of rotatable bonds is 2. The van der Waals surface area contributed by atoms with Gasteiger partial charge in [0.05, 0.1) is 0 Å². The molecule has 2 rings (SSSR count). The van der Waals surface area contributed by atoms with Crippen LogP contribution in [0, 0.1) is 11.8 Å². The lowest BCUT2D eigenvalue weighted by molar-refractivity contribution is 0.435. The topological polar surface area (TPSA) is 63.8 Å². The highest BCUT2D eigenvalue weighted by Gasteiger charge is 2.29. The number of nitrogens with one attached hydrogen (secondary N) is 1. The molecule has 0 aliphatic heterocycles. The molecule has 1 saturated carbocycles. The van der Waals surface area contributed by atoms with E-state index in [9.17, 15) is 0 Å². The van der Waals surface area contributed by atoms with E-state index in [1.165, 1.54) is 12.8 Å². The Morgan fingerprint density at radius 3 is 2.80 bits per heavy atom. The molecule has 0 aromatic carbocycles. The Hall–Kier alpha value is -1.32. The SMILES string of the molecule is CC1CCC(Nc2ccnc(N)n2)C1C. The summed E-state index contributed by atoms with van der Waals surface area (Å²) in [6, 6.07) is 2.39. The standard InChI is InChI=1S/C11H18N4/c1-7-3-4-9(8(7)2)14-10-5-6-13-11(12)15-10/h5-9H,3-4H2,1-2H3,(H3,12,13,14,15). The second kappa shape index (κ2) is 4.04. The van der Waals surface area contributed by atoms with Crippen molar-refractivity contribution in [2.45, 2.75) is 32.7 Å². The molecule has 15 heavy (non-hydrogen) atoms. The fraction of sp³-hybridized carbons (Fsp3) is 0.636. The Morgan fingerprint density at radius 2 is 2.20 bits per heavy atom. The Morgan fingerprint density at radius 1 is 1.40 bits per heavy atom. The van der Waals surface area contributed by atoms with Crippen molar-refractivity contribution in [2.24, 2.45) is 11.8 Å². The average molecular weight is 206 g/mol. The number of nitrogens with two attached hydrogens (primary N) is 1. The molecule has 1 aromatic rings. The van der Waals surface area contributed by atoms with Gasteiger partial charge in [-0.15, -0.1) is 0 Å². The molecule has 3 N–H and O–H groups in total. The first-order valence-corrected chi connectivity index (χ1v) is 5.52. The molecule has 1 aliphatic rings. The lowest BCUT2D eigenvalue weighted by atomic mass is 9.98. The molecule has 3 unspecified atom stereocenters. The molecule has 0 saturated heterocycles. The molecule has 4 nitrogen and oxygen atoms in total. The van der Waals surface area contributed by atoms with E-state index < -0.39 is 0 Å². The summed E-state index contributed by atoms with van der Waals surface area (Å²) in [5, 5.41) is 3.43. The number of nitrogen functional groups attached to an aromatic ring is 1. The third kappa shape index (κ3) is 2.19. The maximum atomic E-state index is 5.53. The maximum absolute atomic E-state index is 5.53. The van der Waals surface area contributed by atoms with Crippen LogP contribution in [0.25, 0.3) is 0 Å². The van der Waals surface area contributed by atoms with Crippen LogP contribution in [0.5, 0.6) is 0 Å². The second-order valence-corrected chi connectivity index (χ2v) is 4.46. The minimum Gasteiger partial charge on any atom is -0.368 e. The predicted molar refractivity (Wildman–Crippen MR) is 61.4 cm³/mol. The zero-order valence-corrected chi connectivity index (χ0v) is 9.27. The molecule has 0 amide bonds. The van der Waals surface area contributed by atoms with Gasteiger partial charge in [0.25, 0.3) is 0 Å². The van der Waals surface area contributed by atoms with Crippen LogP contribution < -0.4 is 11.1 Å². The third-order valence-corrected chi connectivity index (χ3v) is 3.47. The Kier molecular flexibility index (Phi) is 2.75. The summed E-state index contributed by atoms with van der Waals surface area (Å²) >= 11 is 0. The summed E-state index contributed by atoms with van der Waals surface area (Å²) in [5.41, 5.74) is 5.53. The van der Waals surface area contributed by atoms with Gasteiger partial charge in [-0.25, -0.2) is 4.98 Å². The summed E-state index contributed by atoms with van der Waals surface area (Å²) in [5.74, 6) is 2.66. The highest BCUT2D eigenvalue weighted by Crippen LogP contribution is 2.32. The molecule has 82 valence electrons. The predicted octanol–water partition coefficient (Wildman–Crippen LogP) is 1.91. The van der Waals surface area contributed by atoms with Crippen molar-refractivity contribution in [3.05, 3.63) is 12.3 Å². The van der Waals surface area contributed by atoms with Gasteiger partial charge in [-0.1, -0.05) is 13.8 Å². The van der Waals surface area contributed by atoms with Crippen LogP contribution >= 0.6 is 0 Å². The van der Waals surface area contributed by atoms with E-state index in [1.807, 2.05) is 6.07 Å². The summed E-state index contributed by atoms with van der Waals surface area (Å²) in [7, 11) is 0. The quantitative estimate of drug-likeness (QED) is 0.775. The fourth-order valence-corrected chi connectivity index (χ4v) is 2.21. The van der Waals surface area contributed by atoms with Crippen molar-refractivity contribution in [3.63, 3.8) is 0 Å². The minimum absolute atomic E-state index is 0.332. The largest absolute Gasteiger partial charge is 0.368 e. The van der Waals surface area contributed by atoms with Gasteiger partial charge in [-0.3, -0.25) is 0 Å². The number of hydrogen-bond acceptors (Lipinski definition) is 4. The third-order valence-electron chi connectivity index (χ3n) is 3.47. The second-order valence-electron chi connectivity index (χ2n) is 4.46. The van der Waals surface area contributed by atoms with Crippen molar-refractivity contribution in [1.29, 1.82) is 0 Å². The van der Waals surface area contributed by atoms with Gasteiger partial charge in [0, 0.05) is 12.2 Å². The molecule has 0 bridgehead atoms. The van der Waals surface area contributed by atoms with E-state index in [1.54, 1.807) is 6.20 Å². The molecule has 0 radical (unpaired) electrons. The van der Waals surface area contributed by atoms with Crippen molar-refractivity contribution >= 4 is 11.8 Å². The van der Waals surface area contributed by atoms with Gasteiger partial charge in [0.15, 0.2) is 0 Å². The first-order chi connectivity index (χ1) is 7.16. The number of aromatic nitrogens is 2. The highest BCUT2D eigenvalue weighted by molar-refractivity contribution is 5.38. The molecule has 1 fully saturated rings. The highest BCUT2D eigenvalue weighted by atomic mass is 15.1. The van der Waals surface area contributed by atoms with Gasteiger partial charge in [0.1, 0.15) is 5.82 Å². The van der Waals surface area contributed by atoms with E-state index in [0.29, 0.717) is 17.9 Å². The number of nitrogens with zero attached hydrogens (tertiary/aromatic N) is 2. The van der Waals surface area contributed by atoms with Crippen LogP contribution in [0.2, 0.25) is 0 Å². The number of hydrogen-bond donors (Lipinski definition) is 2. The fourth-order valence-electron chi connectivity index (χ4n) is 2.21. The van der Waals surface area contributed by atoms with Gasteiger partial charge in [0.2, 0.25) is 5.95 Å². The number of anilines is 2. The normalized spacial score (nSPS) is 30.4. The van der Waals surface area contributed by atoms with Crippen molar-refractivity contribution < 1.29 is 0 Å². The molecule has 3 atom stereocenters. The Bertz CT molecular complexity index is 339. The summed E-state index contributed by atoms with van der Waals surface area (Å²) < 4.78 is 0. The summed E-state index contributed by atoms with van der Waals surface area (Å²) in [6.45, 7) is 4.60. The van der Waals surface area contributed by atoms with Crippen LogP contribution in [-0.2, 0) is 0 Å². The van der Waals surface area contributed by atoms with Crippen molar-refractivity contribution in [3.8, 4) is 0 Å². The van der Waals surface area contributed by atoms with E-state index in [4.69, 9.17) is 5.73 Å². The molecular weight excluding hydrogens is 188 g/mol. The molecular formula is C11H18N4. The summed E-state index contributed by atoms with van der Waals surface area (Å²) in [4.78, 5) is 8.03. The monoisotopic (exact) mass is 206 g/mol. The van der Waals surface area contributed by atoms with Crippen molar-refractivity contribution in [1.82, 2.24) is 9.97 Å². The lowest BCUT2D eigenvalue weighted by Gasteiger charge is -2.20. The van der Waals surface area contributed by atoms with Crippen LogP contribution in [0.3, 0.4) is 0 Å². The Balaban J connectivity index is 2.03. The summed E-state index contributed by atoms with van der Waals surface area (Å²) in [6.07, 6.45) is 4.19. The van der Waals surface area contributed by atoms with Crippen LogP contribution in [0.15, 0.2) is 12.3 Å². The smallest absolute Gasteiger partial charge is 0.221 e. The first kappa shape index (κ1) is 10.2. The molecule has 1 heterocycles. The molecule has 1 aromatic heterocycles. The van der Waals surface area contributed by atoms with E-state index >= 15 is 0 Å². The molecule has 0 spiro atoms. The lowest BCUT2D eigenvalue weighted by Crippen LogP contribution is -2.24. The molecule has 1 aliphatic carbocycles. The van der Waals surface area contributed by atoms with Gasteiger partial charge >= 0.3 is 0 Å². The van der Waals surface area contributed by atoms with Crippen LogP contribution in [0.4, 0.5) is 11.8 Å². The first-order valence-electron chi connectivity index (χ1n) is 5.52. The Labute approximate surface area is 90.3 Å². The van der Waals surface area contributed by atoms with Crippen LogP contribution in [0.1, 0.15) is 26.7 Å². The van der Waals surface area contributed by atoms with E-state index in [0.717, 1.165) is 11.7 Å². The zero-order valence-electron chi connectivity index (χ0n) is 9.27. The average Bonchev–Trinajstić information content (AvgIpc) is 2.50. The van der Waals surface area contributed by atoms with Gasteiger partial charge < -0.3 is 11.1 Å². The van der Waals surface area contributed by atoms with E-state index in [-0.39, 0.29) is 0 Å². The van der Waals surface area contributed by atoms with Gasteiger partial charge in [-0.2, -0.15) is 4.98 Å². The van der Waals surface area contributed by atoms with Gasteiger partial charge in [-0.05, 0) is 30.7 Å². The minimum atomic E-state index is 0.332. The van der Waals surface area contributed by atoms with Crippen molar-refractivity contribution in [2.75, 3.05) is 11.1 Å². The van der Waals surface area contributed by atoms with E-state index in [2.05, 4.69) is 29.1 Å². The molecule has 4 heteroatoms. The van der Waals surface area contributed by atoms with Crippen LogP contribution in [-0.4, -0.2) is 16.0 Å².